The number of hydrogen-bond acceptors (Lipinski definition) is 11. The van der Waals surface area contributed by atoms with Gasteiger partial charge in [-0.05, 0) is 76.6 Å². The molecule has 0 spiro atoms. The van der Waals surface area contributed by atoms with Gasteiger partial charge in [-0.25, -0.2) is 26.0 Å². The van der Waals surface area contributed by atoms with Crippen LogP contribution in [0.25, 0.3) is 11.4 Å². The molecule has 2 aromatic carbocycles. The summed E-state index contributed by atoms with van der Waals surface area (Å²) in [5.41, 5.74) is 0.314. The molecule has 1 atom stereocenters. The summed E-state index contributed by atoms with van der Waals surface area (Å²) in [7, 11) is -8.11. The van der Waals surface area contributed by atoms with Crippen molar-refractivity contribution in [3.05, 3.63) is 59.2 Å². The summed E-state index contributed by atoms with van der Waals surface area (Å²) in [6.45, 7) is 8.76. The Labute approximate surface area is 279 Å². The van der Waals surface area contributed by atoms with E-state index in [1.54, 1.807) is 20.8 Å². The predicted molar refractivity (Wildman–Crippen MR) is 173 cm³/mol. The number of sulfone groups is 2. The number of alkyl carbamates (subject to hydrolysis) is 1. The van der Waals surface area contributed by atoms with Crippen LogP contribution in [0.1, 0.15) is 70.4 Å². The Morgan fingerprint density at radius 1 is 1.10 bits per heavy atom. The zero-order chi connectivity index (χ0) is 35.2. The first-order chi connectivity index (χ1) is 22.3. The lowest BCUT2D eigenvalue weighted by Gasteiger charge is -2.27. The zero-order valence-electron chi connectivity index (χ0n) is 27.6. The number of aromatic nitrogens is 2. The largest absolute Gasteiger partial charge is 0.444 e. The van der Waals surface area contributed by atoms with Crippen LogP contribution in [0, 0.1) is 5.82 Å². The van der Waals surface area contributed by atoms with E-state index in [1.165, 1.54) is 13.8 Å². The van der Waals surface area contributed by atoms with Crippen molar-refractivity contribution in [2.24, 2.45) is 0 Å². The van der Waals surface area contributed by atoms with Gasteiger partial charge in [-0.1, -0.05) is 29.4 Å². The van der Waals surface area contributed by atoms with E-state index < -0.39 is 64.5 Å². The lowest BCUT2D eigenvalue weighted by molar-refractivity contribution is -0.120. The molecule has 48 heavy (non-hydrogen) atoms. The van der Waals surface area contributed by atoms with Crippen LogP contribution in [0.2, 0.25) is 0 Å². The molecule has 3 heterocycles. The molecule has 2 amide bonds. The molecule has 0 unspecified atom stereocenters. The van der Waals surface area contributed by atoms with Gasteiger partial charge >= 0.3 is 6.09 Å². The fourth-order valence-corrected chi connectivity index (χ4v) is 7.44. The van der Waals surface area contributed by atoms with E-state index in [0.29, 0.717) is 24.7 Å². The summed E-state index contributed by atoms with van der Waals surface area (Å²) in [4.78, 5) is 31.7. The first kappa shape index (κ1) is 35.4. The van der Waals surface area contributed by atoms with Gasteiger partial charge in [-0.15, -0.1) is 0 Å². The van der Waals surface area contributed by atoms with E-state index in [2.05, 4.69) is 15.5 Å². The van der Waals surface area contributed by atoms with E-state index >= 15 is 4.39 Å². The van der Waals surface area contributed by atoms with Gasteiger partial charge in [0.15, 0.2) is 19.7 Å². The molecular formula is C32H39FN4O9S2. The third kappa shape index (κ3) is 7.39. The Morgan fingerprint density at radius 2 is 1.75 bits per heavy atom. The fourth-order valence-electron chi connectivity index (χ4n) is 5.42. The highest BCUT2D eigenvalue weighted by atomic mass is 32.2. The van der Waals surface area contributed by atoms with Crippen molar-refractivity contribution in [2.45, 2.75) is 81.2 Å². The lowest BCUT2D eigenvalue weighted by Crippen LogP contribution is -2.51. The van der Waals surface area contributed by atoms with Crippen molar-refractivity contribution in [2.75, 3.05) is 30.1 Å². The quantitative estimate of drug-likeness (QED) is 0.372. The monoisotopic (exact) mass is 706 g/mol. The minimum atomic E-state index is -4.38. The van der Waals surface area contributed by atoms with E-state index in [0.717, 1.165) is 41.7 Å². The average Bonchev–Trinajstić information content (AvgIpc) is 3.47. The van der Waals surface area contributed by atoms with Crippen LogP contribution >= 0.6 is 0 Å². The number of nitrogens with zero attached hydrogens (tertiary/aromatic N) is 3. The molecule has 0 bridgehead atoms. The summed E-state index contributed by atoms with van der Waals surface area (Å²) in [5.74, 6) is -3.01. The molecule has 260 valence electrons. The first-order valence-corrected chi connectivity index (χ1v) is 18.9. The van der Waals surface area contributed by atoms with Crippen LogP contribution in [0.4, 0.5) is 14.9 Å². The Bertz CT molecular complexity index is 1930. The molecule has 3 aromatic rings. The summed E-state index contributed by atoms with van der Waals surface area (Å²) < 4.78 is 82.2. The number of carbonyl (C=O) groups is 2. The Kier molecular flexibility index (Phi) is 9.49. The van der Waals surface area contributed by atoms with Gasteiger partial charge in [-0.3, -0.25) is 4.79 Å². The third-order valence-corrected chi connectivity index (χ3v) is 12.2. The second-order valence-corrected chi connectivity index (χ2v) is 18.1. The maximum absolute atomic E-state index is 15.7. The SMILES string of the molecule is CC(C)(C)OC(=O)N[C@H]1CS(=O)(=O)c2cc(F)c(-c3noc(C(C)(C)S(C)(=O)=O)n3)cc2N(Cc2ccc(C3CCOCC3)cc2)C1=O. The number of hydrogen-bond donors (Lipinski definition) is 1. The molecule has 16 heteroatoms. The Balaban J connectivity index is 1.59. The maximum atomic E-state index is 15.7. The first-order valence-electron chi connectivity index (χ1n) is 15.3. The van der Waals surface area contributed by atoms with Crippen LogP contribution in [0.3, 0.4) is 0 Å². The summed E-state index contributed by atoms with van der Waals surface area (Å²) in [6, 6.07) is 7.87. The molecule has 2 aliphatic heterocycles. The molecule has 0 radical (unpaired) electrons. The van der Waals surface area contributed by atoms with Crippen LogP contribution < -0.4 is 10.2 Å². The van der Waals surface area contributed by atoms with Crippen molar-refractivity contribution >= 4 is 37.4 Å². The van der Waals surface area contributed by atoms with Gasteiger partial charge in [0.2, 0.25) is 11.7 Å². The van der Waals surface area contributed by atoms with Gasteiger partial charge in [0.1, 0.15) is 22.2 Å². The second kappa shape index (κ2) is 12.9. The molecule has 2 aliphatic rings. The number of amides is 2. The number of nitrogens with one attached hydrogen (secondary N) is 1. The predicted octanol–water partition coefficient (Wildman–Crippen LogP) is 4.26. The topological polar surface area (TPSA) is 175 Å². The molecule has 1 aromatic heterocycles. The maximum Gasteiger partial charge on any atom is 0.408 e. The molecule has 0 aliphatic carbocycles. The van der Waals surface area contributed by atoms with E-state index in [-0.39, 0.29) is 29.5 Å². The molecule has 0 saturated carbocycles. The highest BCUT2D eigenvalue weighted by Gasteiger charge is 2.42. The number of benzene rings is 2. The van der Waals surface area contributed by atoms with Crippen molar-refractivity contribution in [3.63, 3.8) is 0 Å². The molecule has 1 N–H and O–H groups in total. The molecule has 1 saturated heterocycles. The molecule has 5 rings (SSSR count). The third-order valence-electron chi connectivity index (χ3n) is 8.44. The minimum absolute atomic E-state index is 0.133. The van der Waals surface area contributed by atoms with Crippen molar-refractivity contribution < 1.29 is 44.8 Å². The summed E-state index contributed by atoms with van der Waals surface area (Å²) in [6.07, 6.45) is 1.75. The van der Waals surface area contributed by atoms with Crippen molar-refractivity contribution in [3.8, 4) is 11.4 Å². The van der Waals surface area contributed by atoms with Crippen LogP contribution in [0.15, 0.2) is 45.8 Å². The smallest absolute Gasteiger partial charge is 0.408 e. The number of halogens is 1. The molecular weight excluding hydrogens is 668 g/mol. The van der Waals surface area contributed by atoms with E-state index in [9.17, 15) is 26.4 Å². The minimum Gasteiger partial charge on any atom is -0.444 e. The number of rotatable bonds is 7. The summed E-state index contributed by atoms with van der Waals surface area (Å²) in [5, 5.41) is 6.17. The highest BCUT2D eigenvalue weighted by molar-refractivity contribution is 7.92. The van der Waals surface area contributed by atoms with Gasteiger partial charge in [0.05, 0.1) is 28.4 Å². The number of carbonyl (C=O) groups excluding carboxylic acids is 2. The summed E-state index contributed by atoms with van der Waals surface area (Å²) >= 11 is 0. The second-order valence-electron chi connectivity index (χ2n) is 13.5. The van der Waals surface area contributed by atoms with E-state index in [4.69, 9.17) is 14.0 Å². The highest BCUT2D eigenvalue weighted by Crippen LogP contribution is 2.38. The van der Waals surface area contributed by atoms with Crippen LogP contribution in [0.5, 0.6) is 0 Å². The Hall–Kier alpha value is -3.89. The average molecular weight is 707 g/mol. The van der Waals surface area contributed by atoms with E-state index in [1.807, 2.05) is 24.3 Å². The number of ether oxygens (including phenoxy) is 2. The fraction of sp³-hybridized carbons (Fsp3) is 0.500. The molecule has 1 fully saturated rings. The van der Waals surface area contributed by atoms with Crippen LogP contribution in [-0.2, 0) is 45.2 Å². The van der Waals surface area contributed by atoms with Gasteiger partial charge in [-0.2, -0.15) is 4.98 Å². The normalized spacial score (nSPS) is 19.0. The van der Waals surface area contributed by atoms with Gasteiger partial charge < -0.3 is 24.2 Å². The Morgan fingerprint density at radius 3 is 2.35 bits per heavy atom. The zero-order valence-corrected chi connectivity index (χ0v) is 29.2. The number of anilines is 1. The van der Waals surface area contributed by atoms with Crippen molar-refractivity contribution in [1.82, 2.24) is 15.5 Å². The molecule has 13 nitrogen and oxygen atoms in total. The van der Waals surface area contributed by atoms with Gasteiger partial charge in [0, 0.05) is 19.5 Å². The number of fused-ring (bicyclic) bond motifs is 1. The van der Waals surface area contributed by atoms with Crippen LogP contribution in [-0.4, -0.2) is 75.8 Å². The van der Waals surface area contributed by atoms with Crippen molar-refractivity contribution in [1.29, 1.82) is 0 Å². The standard InChI is InChI=1S/C32H39FN4O9S2/c1-31(2,3)45-30(39)34-24-18-48(42,43)26-16-23(33)22(27-35-29(46-36-27)32(4,5)47(6,40)41)15-25(26)37(28(24)38)17-19-7-9-20(10-8-19)21-11-13-44-14-12-21/h7-10,15-16,21,24H,11-14,17-18H2,1-6H3,(H,34,39)/t24-/m0/s1. The lowest BCUT2D eigenvalue weighted by atomic mass is 9.91. The van der Waals surface area contributed by atoms with Gasteiger partial charge in [0.25, 0.3) is 5.91 Å².